The smallest absolute Gasteiger partial charge is 0.0126 e. The maximum absolute atomic E-state index is 3.79. The Morgan fingerprint density at radius 3 is 1.11 bits per heavy atom. The molecule has 0 fully saturated rings. The molecule has 50 valence electrons. The predicted molar refractivity (Wildman–Crippen MR) is 46.0 cm³/mol. The second-order valence-electron chi connectivity index (χ2n) is 1.47. The van der Waals surface area contributed by atoms with Crippen molar-refractivity contribution in [3.8, 4) is 0 Å². The molecule has 1 rings (SSSR count). The van der Waals surface area contributed by atoms with Crippen molar-refractivity contribution in [1.82, 2.24) is 0 Å². The Morgan fingerprint density at radius 1 is 0.889 bits per heavy atom. The molecular formula is C8H12S. The Bertz CT molecular complexity index is 87.4. The minimum absolute atomic E-state index is 0.944. The lowest BCUT2D eigenvalue weighted by atomic mass is 10.4. The Labute approximate surface area is 62.3 Å². The van der Waals surface area contributed by atoms with Crippen molar-refractivity contribution >= 4 is 12.6 Å². The topological polar surface area (TPSA) is 0 Å². The van der Waals surface area contributed by atoms with Gasteiger partial charge in [0.2, 0.25) is 0 Å². The number of benzene rings is 1. The van der Waals surface area contributed by atoms with Gasteiger partial charge in [-0.3, -0.25) is 0 Å². The van der Waals surface area contributed by atoms with Gasteiger partial charge in [-0.15, -0.1) is 0 Å². The van der Waals surface area contributed by atoms with Crippen LogP contribution >= 0.6 is 12.6 Å². The van der Waals surface area contributed by atoms with Gasteiger partial charge < -0.3 is 0 Å². The van der Waals surface area contributed by atoms with Gasteiger partial charge in [0.1, 0.15) is 0 Å². The van der Waals surface area contributed by atoms with E-state index in [9.17, 15) is 0 Å². The summed E-state index contributed by atoms with van der Waals surface area (Å²) in [5.41, 5.74) is 0. The molecule has 0 bridgehead atoms. The molecule has 0 atom stereocenters. The van der Waals surface area contributed by atoms with Gasteiger partial charge in [0.05, 0.1) is 0 Å². The van der Waals surface area contributed by atoms with Gasteiger partial charge in [0.25, 0.3) is 0 Å². The Balaban J connectivity index is 0.000000187. The summed E-state index contributed by atoms with van der Waals surface area (Å²) in [4.78, 5) is 0. The SMILES string of the molecule is CCS.c1ccccc1. The van der Waals surface area contributed by atoms with E-state index in [1.54, 1.807) is 0 Å². The average Bonchev–Trinajstić information content (AvgIpc) is 1.93. The van der Waals surface area contributed by atoms with E-state index in [1.807, 2.05) is 43.3 Å². The van der Waals surface area contributed by atoms with Crippen molar-refractivity contribution < 1.29 is 0 Å². The van der Waals surface area contributed by atoms with E-state index >= 15 is 0 Å². The first-order valence-electron chi connectivity index (χ1n) is 3.02. The summed E-state index contributed by atoms with van der Waals surface area (Å²) in [5.74, 6) is 0.944. The molecule has 0 heterocycles. The number of rotatable bonds is 0. The van der Waals surface area contributed by atoms with Crippen LogP contribution in [0.1, 0.15) is 6.92 Å². The summed E-state index contributed by atoms with van der Waals surface area (Å²) >= 11 is 3.79. The van der Waals surface area contributed by atoms with Gasteiger partial charge in [-0.1, -0.05) is 43.3 Å². The molecule has 0 aliphatic carbocycles. The Hall–Kier alpha value is -0.430. The van der Waals surface area contributed by atoms with Gasteiger partial charge in [-0.05, 0) is 5.75 Å². The molecule has 1 aromatic rings. The highest BCUT2D eigenvalue weighted by molar-refractivity contribution is 7.80. The van der Waals surface area contributed by atoms with E-state index in [2.05, 4.69) is 12.6 Å². The monoisotopic (exact) mass is 140 g/mol. The molecule has 1 heteroatoms. The Kier molecular flexibility index (Phi) is 7.21. The fraction of sp³-hybridized carbons (Fsp3) is 0.250. The van der Waals surface area contributed by atoms with Crippen molar-refractivity contribution in [2.45, 2.75) is 6.92 Å². The van der Waals surface area contributed by atoms with Crippen LogP contribution in [0.3, 0.4) is 0 Å². The van der Waals surface area contributed by atoms with E-state index in [0.717, 1.165) is 5.75 Å². The molecule has 0 aromatic heterocycles. The van der Waals surface area contributed by atoms with E-state index in [-0.39, 0.29) is 0 Å². The summed E-state index contributed by atoms with van der Waals surface area (Å²) in [5, 5.41) is 0. The number of hydrogen-bond acceptors (Lipinski definition) is 1. The van der Waals surface area contributed by atoms with Gasteiger partial charge in [-0.2, -0.15) is 12.6 Å². The summed E-state index contributed by atoms with van der Waals surface area (Å²) in [6.45, 7) is 1.99. The molecule has 0 saturated carbocycles. The second kappa shape index (κ2) is 7.57. The zero-order chi connectivity index (χ0) is 6.95. The predicted octanol–water partition coefficient (Wildman–Crippen LogP) is 2.62. The Morgan fingerprint density at radius 2 is 1.00 bits per heavy atom. The third-order valence-corrected chi connectivity index (χ3v) is 0.667. The van der Waals surface area contributed by atoms with E-state index in [1.165, 1.54) is 0 Å². The van der Waals surface area contributed by atoms with Crippen LogP contribution < -0.4 is 0 Å². The molecule has 0 nitrogen and oxygen atoms in total. The third-order valence-electron chi connectivity index (χ3n) is 0.667. The summed E-state index contributed by atoms with van der Waals surface area (Å²) in [6, 6.07) is 12.0. The molecule has 0 unspecified atom stereocenters. The van der Waals surface area contributed by atoms with Gasteiger partial charge in [-0.25, -0.2) is 0 Å². The summed E-state index contributed by atoms with van der Waals surface area (Å²) < 4.78 is 0. The lowest BCUT2D eigenvalue weighted by Gasteiger charge is -1.69. The van der Waals surface area contributed by atoms with Crippen LogP contribution in [-0.2, 0) is 0 Å². The maximum Gasteiger partial charge on any atom is -0.0126 e. The van der Waals surface area contributed by atoms with Crippen LogP contribution in [0.25, 0.3) is 0 Å². The lowest BCUT2D eigenvalue weighted by molar-refractivity contribution is 1.54. The van der Waals surface area contributed by atoms with Crippen molar-refractivity contribution in [2.75, 3.05) is 5.75 Å². The first kappa shape index (κ1) is 8.57. The zero-order valence-electron chi connectivity index (χ0n) is 5.62. The normalized spacial score (nSPS) is 7.33. The lowest BCUT2D eigenvalue weighted by Crippen LogP contribution is -1.47. The molecule has 0 aliphatic rings. The largest absolute Gasteiger partial charge is 0.180 e. The van der Waals surface area contributed by atoms with Gasteiger partial charge >= 0.3 is 0 Å². The standard InChI is InChI=1S/C6H6.C2H6S/c1-2-4-6-5-3-1;1-2-3/h1-6H;3H,2H2,1H3. The highest BCUT2D eigenvalue weighted by Gasteiger charge is 1.57. The number of hydrogen-bond donors (Lipinski definition) is 1. The highest BCUT2D eigenvalue weighted by atomic mass is 32.1. The summed E-state index contributed by atoms with van der Waals surface area (Å²) in [7, 11) is 0. The third kappa shape index (κ3) is 7.57. The zero-order valence-corrected chi connectivity index (χ0v) is 6.51. The molecule has 9 heavy (non-hydrogen) atoms. The quantitative estimate of drug-likeness (QED) is 0.526. The van der Waals surface area contributed by atoms with Crippen molar-refractivity contribution in [3.05, 3.63) is 36.4 Å². The van der Waals surface area contributed by atoms with Crippen LogP contribution in [0.2, 0.25) is 0 Å². The average molecular weight is 140 g/mol. The highest BCUT2D eigenvalue weighted by Crippen LogP contribution is 1.79. The minimum atomic E-state index is 0.944. The van der Waals surface area contributed by atoms with Crippen molar-refractivity contribution in [2.24, 2.45) is 0 Å². The van der Waals surface area contributed by atoms with Crippen LogP contribution in [-0.4, -0.2) is 5.75 Å². The molecule has 0 spiro atoms. The van der Waals surface area contributed by atoms with Crippen molar-refractivity contribution in [3.63, 3.8) is 0 Å². The second-order valence-corrected chi connectivity index (χ2v) is 2.10. The summed E-state index contributed by atoms with van der Waals surface area (Å²) in [6.07, 6.45) is 0. The van der Waals surface area contributed by atoms with E-state index < -0.39 is 0 Å². The van der Waals surface area contributed by atoms with Gasteiger partial charge in [0, 0.05) is 0 Å². The fourth-order valence-corrected chi connectivity index (χ4v) is 0.385. The first-order chi connectivity index (χ1) is 4.41. The van der Waals surface area contributed by atoms with Crippen molar-refractivity contribution in [1.29, 1.82) is 0 Å². The first-order valence-corrected chi connectivity index (χ1v) is 3.66. The maximum atomic E-state index is 3.79. The molecular weight excluding hydrogens is 128 g/mol. The minimum Gasteiger partial charge on any atom is -0.180 e. The molecule has 0 saturated heterocycles. The van der Waals surface area contributed by atoms with Crippen LogP contribution in [0.15, 0.2) is 36.4 Å². The molecule has 0 amide bonds. The fourth-order valence-electron chi connectivity index (χ4n) is 0.385. The van der Waals surface area contributed by atoms with Crippen LogP contribution in [0, 0.1) is 0 Å². The van der Waals surface area contributed by atoms with Crippen LogP contribution in [0.5, 0.6) is 0 Å². The molecule has 0 aliphatic heterocycles. The molecule has 0 N–H and O–H groups in total. The molecule has 1 aromatic carbocycles. The van der Waals surface area contributed by atoms with Gasteiger partial charge in [0.15, 0.2) is 0 Å². The van der Waals surface area contributed by atoms with Crippen LogP contribution in [0.4, 0.5) is 0 Å². The van der Waals surface area contributed by atoms with E-state index in [4.69, 9.17) is 0 Å². The number of thiol groups is 1. The van der Waals surface area contributed by atoms with E-state index in [0.29, 0.717) is 0 Å². The molecule has 0 radical (unpaired) electrons.